The zero-order valence-electron chi connectivity index (χ0n) is 14.8. The summed E-state index contributed by atoms with van der Waals surface area (Å²) < 4.78 is 17.3. The van der Waals surface area contributed by atoms with E-state index in [0.717, 1.165) is 11.3 Å². The maximum absolute atomic E-state index is 12.5. The SMILES string of the molecule is CC[C@H](Oc1ccc(Cl)c(C)c1)C(=O)NC[C@H]1COc2ccccc2O1. The quantitative estimate of drug-likeness (QED) is 0.835. The van der Waals surface area contributed by atoms with Crippen molar-refractivity contribution in [1.82, 2.24) is 5.32 Å². The van der Waals surface area contributed by atoms with Crippen LogP contribution in [0.25, 0.3) is 0 Å². The van der Waals surface area contributed by atoms with Crippen molar-refractivity contribution in [2.75, 3.05) is 13.2 Å². The molecule has 1 aliphatic rings. The molecule has 3 rings (SSSR count). The number of benzene rings is 2. The average Bonchev–Trinajstić information content (AvgIpc) is 2.66. The summed E-state index contributed by atoms with van der Waals surface area (Å²) in [6.45, 7) is 4.55. The zero-order chi connectivity index (χ0) is 18.5. The third-order valence-electron chi connectivity index (χ3n) is 4.14. The minimum Gasteiger partial charge on any atom is -0.486 e. The fourth-order valence-corrected chi connectivity index (χ4v) is 2.79. The molecule has 0 saturated carbocycles. The van der Waals surface area contributed by atoms with Gasteiger partial charge >= 0.3 is 0 Å². The maximum atomic E-state index is 12.5. The molecule has 6 heteroatoms. The molecule has 2 atom stereocenters. The fraction of sp³-hybridized carbons (Fsp3) is 0.350. The minimum atomic E-state index is -0.577. The third-order valence-corrected chi connectivity index (χ3v) is 4.57. The van der Waals surface area contributed by atoms with Crippen LogP contribution in [0.3, 0.4) is 0 Å². The van der Waals surface area contributed by atoms with Gasteiger partial charge in [0.2, 0.25) is 0 Å². The molecule has 2 aromatic carbocycles. The van der Waals surface area contributed by atoms with Gasteiger partial charge in [0, 0.05) is 5.02 Å². The van der Waals surface area contributed by atoms with Crippen LogP contribution in [-0.4, -0.2) is 31.3 Å². The number of ether oxygens (including phenoxy) is 3. The molecule has 1 heterocycles. The Balaban J connectivity index is 1.54. The Kier molecular flexibility index (Phi) is 5.89. The standard InChI is InChI=1S/C20H22ClNO4/c1-3-17(25-14-8-9-16(21)13(2)10-14)20(23)22-11-15-12-24-18-6-4-5-7-19(18)26-15/h4-10,15,17H,3,11-12H2,1-2H3,(H,22,23)/t15-,17-/m0/s1. The number of hydrogen-bond donors (Lipinski definition) is 1. The van der Waals surface area contributed by atoms with E-state index < -0.39 is 6.10 Å². The summed E-state index contributed by atoms with van der Waals surface area (Å²) in [5.41, 5.74) is 0.908. The first-order valence-electron chi connectivity index (χ1n) is 8.66. The lowest BCUT2D eigenvalue weighted by Gasteiger charge is -2.27. The summed E-state index contributed by atoms with van der Waals surface area (Å²) in [7, 11) is 0. The van der Waals surface area contributed by atoms with Crippen molar-refractivity contribution < 1.29 is 19.0 Å². The number of amides is 1. The van der Waals surface area contributed by atoms with Gasteiger partial charge in [0.15, 0.2) is 17.6 Å². The van der Waals surface area contributed by atoms with E-state index in [-0.39, 0.29) is 12.0 Å². The molecule has 5 nitrogen and oxygen atoms in total. The number of para-hydroxylation sites is 2. The molecule has 0 spiro atoms. The summed E-state index contributed by atoms with van der Waals surface area (Å²) in [5.74, 6) is 1.86. The van der Waals surface area contributed by atoms with Crippen molar-refractivity contribution in [2.45, 2.75) is 32.5 Å². The largest absolute Gasteiger partial charge is 0.486 e. The van der Waals surface area contributed by atoms with Crippen LogP contribution in [0.4, 0.5) is 0 Å². The van der Waals surface area contributed by atoms with E-state index in [0.29, 0.717) is 36.1 Å². The zero-order valence-corrected chi connectivity index (χ0v) is 15.6. The molecular weight excluding hydrogens is 354 g/mol. The van der Waals surface area contributed by atoms with Crippen LogP contribution >= 0.6 is 11.6 Å². The van der Waals surface area contributed by atoms with E-state index in [1.807, 2.05) is 44.2 Å². The van der Waals surface area contributed by atoms with Gasteiger partial charge in [-0.3, -0.25) is 4.79 Å². The maximum Gasteiger partial charge on any atom is 0.261 e. The molecule has 2 aromatic rings. The summed E-state index contributed by atoms with van der Waals surface area (Å²) in [4.78, 5) is 12.5. The summed E-state index contributed by atoms with van der Waals surface area (Å²) in [6, 6.07) is 12.8. The van der Waals surface area contributed by atoms with Gasteiger partial charge in [0.25, 0.3) is 5.91 Å². The van der Waals surface area contributed by atoms with Gasteiger partial charge in [0.1, 0.15) is 18.5 Å². The highest BCUT2D eigenvalue weighted by molar-refractivity contribution is 6.31. The first-order valence-corrected chi connectivity index (χ1v) is 9.03. The van der Waals surface area contributed by atoms with E-state index in [9.17, 15) is 4.79 Å². The third kappa shape index (κ3) is 4.41. The monoisotopic (exact) mass is 375 g/mol. The second-order valence-corrected chi connectivity index (χ2v) is 6.58. The van der Waals surface area contributed by atoms with Crippen molar-refractivity contribution >= 4 is 17.5 Å². The number of nitrogens with one attached hydrogen (secondary N) is 1. The smallest absolute Gasteiger partial charge is 0.261 e. The van der Waals surface area contributed by atoms with Gasteiger partial charge in [-0.1, -0.05) is 30.7 Å². The van der Waals surface area contributed by atoms with Gasteiger partial charge in [-0.15, -0.1) is 0 Å². The second-order valence-electron chi connectivity index (χ2n) is 6.17. The highest BCUT2D eigenvalue weighted by atomic mass is 35.5. The average molecular weight is 376 g/mol. The van der Waals surface area contributed by atoms with Gasteiger partial charge in [-0.25, -0.2) is 0 Å². The molecule has 1 N–H and O–H groups in total. The van der Waals surface area contributed by atoms with Gasteiger partial charge in [-0.05, 0) is 49.2 Å². The van der Waals surface area contributed by atoms with E-state index >= 15 is 0 Å². The Morgan fingerprint density at radius 3 is 2.81 bits per heavy atom. The van der Waals surface area contributed by atoms with Crippen LogP contribution < -0.4 is 19.5 Å². The van der Waals surface area contributed by atoms with Crippen molar-refractivity contribution in [3.63, 3.8) is 0 Å². The first kappa shape index (κ1) is 18.4. The highest BCUT2D eigenvalue weighted by Crippen LogP contribution is 2.30. The lowest BCUT2D eigenvalue weighted by molar-refractivity contribution is -0.128. The van der Waals surface area contributed by atoms with Crippen molar-refractivity contribution in [1.29, 1.82) is 0 Å². The topological polar surface area (TPSA) is 56.8 Å². The van der Waals surface area contributed by atoms with E-state index in [1.54, 1.807) is 12.1 Å². The normalized spacial score (nSPS) is 16.7. The number of fused-ring (bicyclic) bond motifs is 1. The highest BCUT2D eigenvalue weighted by Gasteiger charge is 2.24. The lowest BCUT2D eigenvalue weighted by Crippen LogP contribution is -2.45. The van der Waals surface area contributed by atoms with Crippen LogP contribution in [0, 0.1) is 6.92 Å². The van der Waals surface area contributed by atoms with Crippen LogP contribution in [0.5, 0.6) is 17.2 Å². The molecule has 0 aliphatic carbocycles. The molecule has 26 heavy (non-hydrogen) atoms. The lowest BCUT2D eigenvalue weighted by atomic mass is 10.2. The minimum absolute atomic E-state index is 0.178. The van der Waals surface area contributed by atoms with Crippen molar-refractivity contribution in [3.8, 4) is 17.2 Å². The number of carbonyl (C=O) groups excluding carboxylic acids is 1. The molecule has 0 bridgehead atoms. The van der Waals surface area contributed by atoms with Crippen molar-refractivity contribution in [3.05, 3.63) is 53.1 Å². The molecule has 0 fully saturated rings. The van der Waals surface area contributed by atoms with Crippen LogP contribution in [0.15, 0.2) is 42.5 Å². The summed E-state index contributed by atoms with van der Waals surface area (Å²) >= 11 is 6.02. The Morgan fingerprint density at radius 1 is 1.31 bits per heavy atom. The first-order chi connectivity index (χ1) is 12.6. The molecule has 1 amide bonds. The summed E-state index contributed by atoms with van der Waals surface area (Å²) in [6.07, 6.45) is -0.255. The van der Waals surface area contributed by atoms with Gasteiger partial charge in [-0.2, -0.15) is 0 Å². The molecule has 1 aliphatic heterocycles. The second kappa shape index (κ2) is 8.32. The number of aryl methyl sites for hydroxylation is 1. The number of hydrogen-bond acceptors (Lipinski definition) is 4. The predicted octanol–water partition coefficient (Wildman–Crippen LogP) is 3.76. The molecular formula is C20H22ClNO4. The van der Waals surface area contributed by atoms with E-state index in [1.165, 1.54) is 0 Å². The molecule has 0 radical (unpaired) electrons. The van der Waals surface area contributed by atoms with E-state index in [2.05, 4.69) is 5.32 Å². The Labute approximate surface area is 158 Å². The molecule has 0 saturated heterocycles. The van der Waals surface area contributed by atoms with Crippen LogP contribution in [0.1, 0.15) is 18.9 Å². The Morgan fingerprint density at radius 2 is 2.08 bits per heavy atom. The van der Waals surface area contributed by atoms with Crippen LogP contribution in [0.2, 0.25) is 5.02 Å². The number of rotatable bonds is 6. The van der Waals surface area contributed by atoms with Gasteiger partial charge < -0.3 is 19.5 Å². The van der Waals surface area contributed by atoms with Gasteiger partial charge in [0.05, 0.1) is 6.54 Å². The molecule has 0 aromatic heterocycles. The van der Waals surface area contributed by atoms with Crippen LogP contribution in [-0.2, 0) is 4.79 Å². The summed E-state index contributed by atoms with van der Waals surface area (Å²) in [5, 5.41) is 3.56. The fourth-order valence-electron chi connectivity index (χ4n) is 2.67. The van der Waals surface area contributed by atoms with E-state index in [4.69, 9.17) is 25.8 Å². The predicted molar refractivity (Wildman–Crippen MR) is 100 cm³/mol. The number of carbonyl (C=O) groups is 1. The Hall–Kier alpha value is -2.40. The Bertz CT molecular complexity index is 780. The molecule has 0 unspecified atom stereocenters. The molecule has 138 valence electrons. The number of halogens is 1. The van der Waals surface area contributed by atoms with Crippen molar-refractivity contribution in [2.24, 2.45) is 0 Å².